The number of benzene rings is 1. The molecule has 0 aliphatic heterocycles. The zero-order valence-corrected chi connectivity index (χ0v) is 11.9. The number of pyridine rings is 1. The van der Waals surface area contributed by atoms with Gasteiger partial charge in [-0.15, -0.1) is 0 Å². The van der Waals surface area contributed by atoms with E-state index < -0.39 is 17.7 Å². The molecule has 0 atom stereocenters. The highest BCUT2D eigenvalue weighted by Gasteiger charge is 2.32. The van der Waals surface area contributed by atoms with E-state index in [0.717, 1.165) is 18.6 Å². The van der Waals surface area contributed by atoms with Crippen LogP contribution in [0.1, 0.15) is 5.69 Å². The van der Waals surface area contributed by atoms with Crippen molar-refractivity contribution in [2.75, 3.05) is 5.32 Å². The fourth-order valence-corrected chi connectivity index (χ4v) is 1.92. The van der Waals surface area contributed by atoms with E-state index in [4.69, 9.17) is 0 Å². The van der Waals surface area contributed by atoms with Gasteiger partial charge in [-0.1, -0.05) is 12.1 Å². The molecule has 0 saturated heterocycles. The van der Waals surface area contributed by atoms with Gasteiger partial charge in [0.05, 0.1) is 5.56 Å². The van der Waals surface area contributed by atoms with Crippen LogP contribution in [0.15, 0.2) is 48.9 Å². The van der Waals surface area contributed by atoms with Gasteiger partial charge < -0.3 is 5.32 Å². The van der Waals surface area contributed by atoms with Crippen molar-refractivity contribution in [2.45, 2.75) is 6.18 Å². The molecule has 0 saturated carbocycles. The number of rotatable bonds is 3. The van der Waals surface area contributed by atoms with Gasteiger partial charge in [0.15, 0.2) is 5.82 Å². The summed E-state index contributed by atoms with van der Waals surface area (Å²) in [5.41, 5.74) is -0.785. The maximum Gasteiger partial charge on any atom is 0.433 e. The molecule has 122 valence electrons. The highest BCUT2D eigenvalue weighted by molar-refractivity contribution is 5.59. The molecule has 0 aliphatic carbocycles. The third kappa shape index (κ3) is 3.45. The van der Waals surface area contributed by atoms with Crippen LogP contribution >= 0.6 is 0 Å². The Morgan fingerprint density at radius 3 is 2.50 bits per heavy atom. The molecule has 0 amide bonds. The molecule has 0 spiro atoms. The van der Waals surface area contributed by atoms with Crippen LogP contribution in [0.5, 0.6) is 0 Å². The minimum absolute atomic E-state index is 0.0115. The molecule has 9 heteroatoms. The van der Waals surface area contributed by atoms with Crippen LogP contribution in [-0.2, 0) is 6.18 Å². The Morgan fingerprint density at radius 2 is 1.75 bits per heavy atom. The second kappa shape index (κ2) is 6.19. The highest BCUT2D eigenvalue weighted by atomic mass is 19.4. The first-order valence-corrected chi connectivity index (χ1v) is 6.68. The molecule has 0 aliphatic rings. The maximum absolute atomic E-state index is 13.8. The zero-order chi connectivity index (χ0) is 17.2. The van der Waals surface area contributed by atoms with Crippen molar-refractivity contribution in [3.8, 4) is 11.4 Å². The van der Waals surface area contributed by atoms with E-state index >= 15 is 0 Å². The van der Waals surface area contributed by atoms with Crippen LogP contribution in [0.2, 0.25) is 0 Å². The molecule has 2 heterocycles. The number of anilines is 2. The van der Waals surface area contributed by atoms with Gasteiger partial charge in [-0.3, -0.25) is 4.98 Å². The highest BCUT2D eigenvalue weighted by Crippen LogP contribution is 2.29. The third-order valence-corrected chi connectivity index (χ3v) is 2.99. The SMILES string of the molecule is Fc1ccccc1-c1ncnc(Nc2ccnc(C(F)(F)F)c2)n1. The van der Waals surface area contributed by atoms with Crippen molar-refractivity contribution < 1.29 is 17.6 Å². The summed E-state index contributed by atoms with van der Waals surface area (Å²) < 4.78 is 51.8. The summed E-state index contributed by atoms with van der Waals surface area (Å²) in [5.74, 6) is -0.462. The molecule has 0 radical (unpaired) electrons. The largest absolute Gasteiger partial charge is 0.433 e. The fraction of sp³-hybridized carbons (Fsp3) is 0.0667. The second-order valence-electron chi connectivity index (χ2n) is 4.67. The van der Waals surface area contributed by atoms with Crippen molar-refractivity contribution in [3.05, 3.63) is 60.4 Å². The number of aromatic nitrogens is 4. The van der Waals surface area contributed by atoms with E-state index in [-0.39, 0.29) is 23.0 Å². The quantitative estimate of drug-likeness (QED) is 0.737. The first-order chi connectivity index (χ1) is 11.4. The Morgan fingerprint density at radius 1 is 0.958 bits per heavy atom. The average molecular weight is 335 g/mol. The topological polar surface area (TPSA) is 63.6 Å². The fourth-order valence-electron chi connectivity index (χ4n) is 1.92. The first-order valence-electron chi connectivity index (χ1n) is 6.68. The summed E-state index contributed by atoms with van der Waals surface area (Å²) >= 11 is 0. The molecule has 0 unspecified atom stereocenters. The van der Waals surface area contributed by atoms with Crippen LogP contribution in [0, 0.1) is 5.82 Å². The molecule has 24 heavy (non-hydrogen) atoms. The van der Waals surface area contributed by atoms with E-state index in [9.17, 15) is 17.6 Å². The lowest BCUT2D eigenvalue weighted by molar-refractivity contribution is -0.141. The normalized spacial score (nSPS) is 11.3. The Labute approximate surface area is 133 Å². The first kappa shape index (κ1) is 15.8. The average Bonchev–Trinajstić information content (AvgIpc) is 2.55. The second-order valence-corrected chi connectivity index (χ2v) is 4.67. The van der Waals surface area contributed by atoms with E-state index in [1.807, 2.05) is 0 Å². The van der Waals surface area contributed by atoms with Crippen molar-refractivity contribution >= 4 is 11.6 Å². The van der Waals surface area contributed by atoms with Gasteiger partial charge >= 0.3 is 6.18 Å². The molecule has 0 bridgehead atoms. The van der Waals surface area contributed by atoms with Crippen LogP contribution in [0.4, 0.5) is 29.2 Å². The number of hydrogen-bond acceptors (Lipinski definition) is 5. The van der Waals surface area contributed by atoms with Crippen LogP contribution in [-0.4, -0.2) is 19.9 Å². The Balaban J connectivity index is 1.90. The van der Waals surface area contributed by atoms with Gasteiger partial charge in [-0.2, -0.15) is 18.2 Å². The van der Waals surface area contributed by atoms with Gasteiger partial charge in [0.25, 0.3) is 0 Å². The minimum atomic E-state index is -4.56. The molecular formula is C15H9F4N5. The summed E-state index contributed by atoms with van der Waals surface area (Å²) in [5, 5.41) is 2.62. The Hall–Kier alpha value is -3.10. The van der Waals surface area contributed by atoms with Gasteiger partial charge in [-0.25, -0.2) is 14.4 Å². The van der Waals surface area contributed by atoms with E-state index in [1.54, 1.807) is 6.07 Å². The van der Waals surface area contributed by atoms with Crippen molar-refractivity contribution in [1.29, 1.82) is 0 Å². The predicted octanol–water partition coefficient (Wildman–Crippen LogP) is 3.84. The molecule has 5 nitrogen and oxygen atoms in total. The summed E-state index contributed by atoms with van der Waals surface area (Å²) in [6.45, 7) is 0. The predicted molar refractivity (Wildman–Crippen MR) is 77.7 cm³/mol. The van der Waals surface area contributed by atoms with Crippen molar-refractivity contribution in [2.24, 2.45) is 0 Å². The number of nitrogens with one attached hydrogen (secondary N) is 1. The van der Waals surface area contributed by atoms with Gasteiger partial charge in [0, 0.05) is 11.9 Å². The lowest BCUT2D eigenvalue weighted by Gasteiger charge is -2.09. The lowest BCUT2D eigenvalue weighted by Crippen LogP contribution is -2.08. The molecule has 1 aromatic carbocycles. The van der Waals surface area contributed by atoms with Gasteiger partial charge in [0.1, 0.15) is 17.8 Å². The molecule has 3 rings (SSSR count). The van der Waals surface area contributed by atoms with Crippen LogP contribution < -0.4 is 5.32 Å². The van der Waals surface area contributed by atoms with Gasteiger partial charge in [-0.05, 0) is 24.3 Å². The van der Waals surface area contributed by atoms with Crippen LogP contribution in [0.3, 0.4) is 0 Å². The Bertz CT molecular complexity index is 866. The number of alkyl halides is 3. The van der Waals surface area contributed by atoms with Crippen molar-refractivity contribution in [3.63, 3.8) is 0 Å². The summed E-state index contributed by atoms with van der Waals surface area (Å²) in [7, 11) is 0. The molecule has 1 N–H and O–H groups in total. The summed E-state index contributed by atoms with van der Waals surface area (Å²) in [4.78, 5) is 15.0. The van der Waals surface area contributed by atoms with E-state index in [0.29, 0.717) is 0 Å². The maximum atomic E-state index is 13.8. The lowest BCUT2D eigenvalue weighted by atomic mass is 10.2. The molecule has 3 aromatic rings. The molecule has 2 aromatic heterocycles. The minimum Gasteiger partial charge on any atom is -0.324 e. The van der Waals surface area contributed by atoms with Gasteiger partial charge in [0.2, 0.25) is 5.95 Å². The third-order valence-electron chi connectivity index (χ3n) is 2.99. The molecular weight excluding hydrogens is 326 g/mol. The summed E-state index contributed by atoms with van der Waals surface area (Å²) in [6.07, 6.45) is -2.40. The smallest absolute Gasteiger partial charge is 0.324 e. The monoisotopic (exact) mass is 335 g/mol. The van der Waals surface area contributed by atoms with Crippen LogP contribution in [0.25, 0.3) is 11.4 Å². The van der Waals surface area contributed by atoms with E-state index in [1.165, 1.54) is 24.3 Å². The van der Waals surface area contributed by atoms with Crippen molar-refractivity contribution in [1.82, 2.24) is 19.9 Å². The summed E-state index contributed by atoms with van der Waals surface area (Å²) in [6, 6.07) is 8.05. The standard InChI is InChI=1S/C15H9F4N5/c16-11-4-2-1-3-10(11)13-21-8-22-14(24-13)23-9-5-6-20-12(7-9)15(17,18)19/h1-8H,(H,20,21,22,23,24). The molecule has 0 fully saturated rings. The number of hydrogen-bond donors (Lipinski definition) is 1. The zero-order valence-electron chi connectivity index (χ0n) is 11.9. The number of halogens is 4. The number of nitrogens with zero attached hydrogens (tertiary/aromatic N) is 4. The van der Waals surface area contributed by atoms with E-state index in [2.05, 4.69) is 25.3 Å². The Kier molecular flexibility index (Phi) is 4.07.